The molecule has 0 amide bonds. The summed E-state index contributed by atoms with van der Waals surface area (Å²) in [4.78, 5) is 14.9. The predicted octanol–water partition coefficient (Wildman–Crippen LogP) is 4.03. The van der Waals surface area contributed by atoms with Crippen LogP contribution in [0.5, 0.6) is 0 Å². The summed E-state index contributed by atoms with van der Waals surface area (Å²) in [5, 5.41) is 2.15. The van der Waals surface area contributed by atoms with Gasteiger partial charge in [0, 0.05) is 44.1 Å². The summed E-state index contributed by atoms with van der Waals surface area (Å²) in [6.45, 7) is 0. The van der Waals surface area contributed by atoms with E-state index in [1.54, 1.807) is 12.1 Å². The van der Waals surface area contributed by atoms with Crippen LogP contribution in [0.2, 0.25) is 0 Å². The molecule has 0 aliphatic carbocycles. The maximum Gasteiger partial charge on any atom is 0.336 e. The van der Waals surface area contributed by atoms with Gasteiger partial charge in [0.1, 0.15) is 5.58 Å². The van der Waals surface area contributed by atoms with E-state index in [0.717, 1.165) is 10.9 Å². The third-order valence-electron chi connectivity index (χ3n) is 3.04. The number of fused-ring (bicyclic) bond motifs is 2. The topological polar surface area (TPSA) is 43.1 Å². The molecule has 3 nitrogen and oxygen atoms in total. The molecular formula is C18H13NO2Pt. The maximum atomic E-state index is 10.7. The fraction of sp³-hybridized carbons (Fsp3) is 0. The Hall–Kier alpha value is -2.25. The molecule has 2 aromatic carbocycles. The van der Waals surface area contributed by atoms with Gasteiger partial charge in [0.05, 0.1) is 5.52 Å². The number of aromatic nitrogens is 1. The van der Waals surface area contributed by atoms with Gasteiger partial charge < -0.3 is 4.42 Å². The smallest absolute Gasteiger partial charge is 0.336 e. The minimum absolute atomic E-state index is 0. The van der Waals surface area contributed by atoms with Gasteiger partial charge in [-0.3, -0.25) is 4.98 Å². The normalized spacial score (nSPS) is 9.64. The number of rotatable bonds is 0. The van der Waals surface area contributed by atoms with Gasteiger partial charge in [0.25, 0.3) is 0 Å². The molecule has 22 heavy (non-hydrogen) atoms. The van der Waals surface area contributed by atoms with Gasteiger partial charge in [-0.1, -0.05) is 42.5 Å². The van der Waals surface area contributed by atoms with E-state index < -0.39 is 0 Å². The van der Waals surface area contributed by atoms with Crippen LogP contribution in [0.25, 0.3) is 21.9 Å². The van der Waals surface area contributed by atoms with Crippen LogP contribution >= 0.6 is 0 Å². The molecule has 0 fully saturated rings. The molecule has 0 bridgehead atoms. The van der Waals surface area contributed by atoms with E-state index in [9.17, 15) is 4.79 Å². The standard InChI is InChI=1S/C9H7N.C9H6O2.Pt/c1-2-6-9-8(4-1)5-3-7-10-9;10-9-6-5-7-3-1-2-4-8(7)11-9;/h1-7H;1-6H;. The van der Waals surface area contributed by atoms with Crippen molar-refractivity contribution < 1.29 is 25.5 Å². The van der Waals surface area contributed by atoms with E-state index in [2.05, 4.69) is 17.1 Å². The van der Waals surface area contributed by atoms with Gasteiger partial charge >= 0.3 is 5.63 Å². The van der Waals surface area contributed by atoms with Crippen LogP contribution in [0, 0.1) is 0 Å². The summed E-state index contributed by atoms with van der Waals surface area (Å²) in [5.41, 5.74) is 1.40. The second-order valence-corrected chi connectivity index (χ2v) is 4.49. The molecule has 2 aromatic heterocycles. The summed E-state index contributed by atoms with van der Waals surface area (Å²) in [6, 6.07) is 22.7. The average molecular weight is 470 g/mol. The Bertz CT molecular complexity index is 869. The first-order valence-corrected chi connectivity index (χ1v) is 6.61. The third-order valence-corrected chi connectivity index (χ3v) is 3.04. The summed E-state index contributed by atoms with van der Waals surface area (Å²) in [5.74, 6) is 0. The molecule has 0 N–H and O–H groups in total. The van der Waals surface area contributed by atoms with Gasteiger partial charge in [-0.25, -0.2) is 4.79 Å². The van der Waals surface area contributed by atoms with Crippen molar-refractivity contribution in [1.82, 2.24) is 4.98 Å². The summed E-state index contributed by atoms with van der Waals surface area (Å²) in [7, 11) is 0. The Morgan fingerprint density at radius 1 is 0.727 bits per heavy atom. The maximum absolute atomic E-state index is 10.7. The van der Waals surface area contributed by atoms with E-state index in [1.165, 1.54) is 11.5 Å². The van der Waals surface area contributed by atoms with Crippen LogP contribution in [0.1, 0.15) is 0 Å². The largest absolute Gasteiger partial charge is 0.423 e. The van der Waals surface area contributed by atoms with Crippen molar-refractivity contribution in [3.05, 3.63) is 89.4 Å². The zero-order valence-electron chi connectivity index (χ0n) is 11.6. The molecule has 0 saturated heterocycles. The molecule has 112 valence electrons. The average Bonchev–Trinajstić information content (AvgIpc) is 2.55. The van der Waals surface area contributed by atoms with Gasteiger partial charge in [-0.2, -0.15) is 0 Å². The van der Waals surface area contributed by atoms with Gasteiger partial charge in [0.15, 0.2) is 0 Å². The minimum Gasteiger partial charge on any atom is -0.423 e. The second-order valence-electron chi connectivity index (χ2n) is 4.49. The van der Waals surface area contributed by atoms with E-state index in [1.807, 2.05) is 48.7 Å². The van der Waals surface area contributed by atoms with Gasteiger partial charge in [-0.05, 0) is 24.3 Å². The number of pyridine rings is 1. The summed E-state index contributed by atoms with van der Waals surface area (Å²) >= 11 is 0. The first-order valence-electron chi connectivity index (χ1n) is 6.61. The minimum atomic E-state index is -0.302. The van der Waals surface area contributed by atoms with Crippen LogP contribution in [0.4, 0.5) is 0 Å². The molecule has 0 spiro atoms. The van der Waals surface area contributed by atoms with E-state index in [-0.39, 0.29) is 26.7 Å². The molecule has 2 heterocycles. The zero-order valence-corrected chi connectivity index (χ0v) is 13.9. The van der Waals surface area contributed by atoms with Crippen molar-refractivity contribution in [3.63, 3.8) is 0 Å². The number of nitrogens with zero attached hydrogens (tertiary/aromatic N) is 1. The van der Waals surface area contributed by atoms with E-state index >= 15 is 0 Å². The summed E-state index contributed by atoms with van der Waals surface area (Å²) in [6.07, 6.45) is 1.81. The first-order chi connectivity index (χ1) is 10.3. The predicted molar refractivity (Wildman–Crippen MR) is 84.2 cm³/mol. The van der Waals surface area contributed by atoms with Crippen molar-refractivity contribution in [2.45, 2.75) is 0 Å². The van der Waals surface area contributed by atoms with Gasteiger partial charge in [0.2, 0.25) is 0 Å². The number of benzene rings is 2. The molecule has 4 heteroatoms. The first kappa shape index (κ1) is 16.1. The fourth-order valence-corrected chi connectivity index (χ4v) is 2.03. The molecule has 4 aromatic rings. The Balaban J connectivity index is 0.000000154. The summed E-state index contributed by atoms with van der Waals surface area (Å²) < 4.78 is 4.91. The van der Waals surface area contributed by atoms with Crippen LogP contribution in [-0.2, 0) is 21.1 Å². The van der Waals surface area contributed by atoms with Crippen LogP contribution in [0.3, 0.4) is 0 Å². The SMILES string of the molecule is O=c1ccc2ccccc2o1.[Pt].c1ccc2ncccc2c1. The molecule has 0 saturated carbocycles. The van der Waals surface area contributed by atoms with Crippen LogP contribution in [0.15, 0.2) is 88.2 Å². The number of hydrogen-bond acceptors (Lipinski definition) is 3. The number of hydrogen-bond donors (Lipinski definition) is 0. The van der Waals surface area contributed by atoms with Gasteiger partial charge in [-0.15, -0.1) is 0 Å². The Morgan fingerprint density at radius 3 is 2.23 bits per heavy atom. The van der Waals surface area contributed by atoms with Crippen molar-refractivity contribution >= 4 is 21.9 Å². The fourth-order valence-electron chi connectivity index (χ4n) is 2.03. The van der Waals surface area contributed by atoms with Crippen molar-refractivity contribution in [3.8, 4) is 0 Å². The Labute approximate surface area is 141 Å². The molecule has 0 unspecified atom stereocenters. The number of para-hydroxylation sites is 2. The third kappa shape index (κ3) is 3.90. The monoisotopic (exact) mass is 470 g/mol. The molecule has 0 aliphatic rings. The quantitative estimate of drug-likeness (QED) is 0.365. The van der Waals surface area contributed by atoms with Crippen molar-refractivity contribution in [2.24, 2.45) is 0 Å². The molecule has 0 atom stereocenters. The molecule has 0 aliphatic heterocycles. The Kier molecular flexibility index (Phi) is 5.62. The molecule has 4 rings (SSSR count). The van der Waals surface area contributed by atoms with E-state index in [0.29, 0.717) is 5.58 Å². The Morgan fingerprint density at radius 2 is 1.41 bits per heavy atom. The zero-order chi connectivity index (χ0) is 14.5. The van der Waals surface area contributed by atoms with Crippen LogP contribution in [-0.4, -0.2) is 4.98 Å². The second kappa shape index (κ2) is 7.67. The van der Waals surface area contributed by atoms with Crippen molar-refractivity contribution in [2.75, 3.05) is 0 Å². The van der Waals surface area contributed by atoms with Crippen molar-refractivity contribution in [1.29, 1.82) is 0 Å². The molecular weight excluding hydrogens is 457 g/mol. The van der Waals surface area contributed by atoms with E-state index in [4.69, 9.17) is 4.42 Å². The van der Waals surface area contributed by atoms with Crippen LogP contribution < -0.4 is 5.63 Å². The molecule has 0 radical (unpaired) electrons.